The second-order valence-corrected chi connectivity index (χ2v) is 7.37. The first-order chi connectivity index (χ1) is 10.6. The van der Waals surface area contributed by atoms with E-state index in [1.54, 1.807) is 17.0 Å². The maximum atomic E-state index is 12.3. The summed E-state index contributed by atoms with van der Waals surface area (Å²) in [7, 11) is -3.64. The molecule has 0 bridgehead atoms. The van der Waals surface area contributed by atoms with Crippen molar-refractivity contribution in [3.63, 3.8) is 0 Å². The molecule has 22 heavy (non-hydrogen) atoms. The van der Waals surface area contributed by atoms with Gasteiger partial charge in [-0.15, -0.1) is 0 Å². The lowest BCUT2D eigenvalue weighted by Gasteiger charge is -2.26. The molecular formula is C15H20N2O4S. The van der Waals surface area contributed by atoms with Crippen LogP contribution in [0.3, 0.4) is 0 Å². The second kappa shape index (κ2) is 6.36. The lowest BCUT2D eigenvalue weighted by atomic mass is 10.1. The average Bonchev–Trinajstić information content (AvgIpc) is 3.01. The molecule has 7 heteroatoms. The zero-order valence-electron chi connectivity index (χ0n) is 12.4. The van der Waals surface area contributed by atoms with Crippen molar-refractivity contribution in [3.05, 3.63) is 29.3 Å². The average molecular weight is 324 g/mol. The number of sulfonamides is 1. The van der Waals surface area contributed by atoms with Gasteiger partial charge in [-0.1, -0.05) is 6.07 Å². The lowest BCUT2D eigenvalue weighted by Crippen LogP contribution is -2.45. The zero-order valence-corrected chi connectivity index (χ0v) is 13.2. The van der Waals surface area contributed by atoms with Crippen LogP contribution >= 0.6 is 0 Å². The van der Waals surface area contributed by atoms with Gasteiger partial charge in [0.05, 0.1) is 24.7 Å². The Kier molecular flexibility index (Phi) is 4.46. The molecule has 0 saturated carbocycles. The maximum Gasteiger partial charge on any atom is 0.241 e. The number of carbonyl (C=O) groups excluding carboxylic acids is 1. The van der Waals surface area contributed by atoms with Gasteiger partial charge in [0.15, 0.2) is 0 Å². The monoisotopic (exact) mass is 324 g/mol. The van der Waals surface area contributed by atoms with Gasteiger partial charge in [-0.25, -0.2) is 13.1 Å². The van der Waals surface area contributed by atoms with Crippen LogP contribution in [0, 0.1) is 0 Å². The molecule has 3 rings (SSSR count). The summed E-state index contributed by atoms with van der Waals surface area (Å²) in [6.07, 6.45) is 3.01. The van der Waals surface area contributed by atoms with Crippen LogP contribution in [-0.2, 0) is 32.4 Å². The highest BCUT2D eigenvalue weighted by atomic mass is 32.2. The van der Waals surface area contributed by atoms with Gasteiger partial charge < -0.3 is 9.64 Å². The van der Waals surface area contributed by atoms with Crippen LogP contribution < -0.4 is 4.72 Å². The number of hydrogen-bond donors (Lipinski definition) is 1. The standard InChI is InChI=1S/C15H20N2O4S/c18-15(17-6-8-21-9-7-17)11-16-22(19,20)14-5-4-12-2-1-3-13(12)10-14/h4-5,10,16H,1-3,6-9,11H2. The molecule has 1 heterocycles. The van der Waals surface area contributed by atoms with E-state index in [0.717, 1.165) is 24.8 Å². The summed E-state index contributed by atoms with van der Waals surface area (Å²) in [5, 5.41) is 0. The minimum atomic E-state index is -3.64. The Balaban J connectivity index is 1.64. The van der Waals surface area contributed by atoms with Crippen molar-refractivity contribution in [2.24, 2.45) is 0 Å². The molecule has 0 aromatic heterocycles. The first kappa shape index (κ1) is 15.5. The predicted molar refractivity (Wildman–Crippen MR) is 81.1 cm³/mol. The van der Waals surface area contributed by atoms with Crippen LogP contribution in [0.1, 0.15) is 17.5 Å². The fourth-order valence-corrected chi connectivity index (χ4v) is 3.90. The third-order valence-electron chi connectivity index (χ3n) is 4.16. The zero-order chi connectivity index (χ0) is 15.6. The predicted octanol–water partition coefficient (Wildman–Crippen LogP) is 0.312. The molecule has 6 nitrogen and oxygen atoms in total. The summed E-state index contributed by atoms with van der Waals surface area (Å²) in [6, 6.07) is 5.22. The molecule has 1 saturated heterocycles. The molecule has 1 aromatic rings. The number of rotatable bonds is 4. The van der Waals surface area contributed by atoms with Crippen LogP contribution in [0.25, 0.3) is 0 Å². The van der Waals surface area contributed by atoms with Crippen molar-refractivity contribution in [3.8, 4) is 0 Å². The van der Waals surface area contributed by atoms with Crippen LogP contribution in [0.15, 0.2) is 23.1 Å². The Bertz CT molecular complexity index is 666. The molecule has 0 unspecified atom stereocenters. The normalized spacial score (nSPS) is 18.3. The summed E-state index contributed by atoms with van der Waals surface area (Å²) in [5.41, 5.74) is 2.32. The van der Waals surface area contributed by atoms with Gasteiger partial charge >= 0.3 is 0 Å². The molecule has 1 aliphatic heterocycles. The van der Waals surface area contributed by atoms with Crippen molar-refractivity contribution in [2.45, 2.75) is 24.2 Å². The summed E-state index contributed by atoms with van der Waals surface area (Å²) in [5.74, 6) is -0.215. The van der Waals surface area contributed by atoms with Crippen molar-refractivity contribution in [2.75, 3.05) is 32.8 Å². The molecule has 0 atom stereocenters. The molecule has 0 spiro atoms. The van der Waals surface area contributed by atoms with E-state index in [1.807, 2.05) is 6.07 Å². The van der Waals surface area contributed by atoms with Crippen LogP contribution in [0.5, 0.6) is 0 Å². The number of amides is 1. The van der Waals surface area contributed by atoms with Gasteiger partial charge in [0.25, 0.3) is 0 Å². The van der Waals surface area contributed by atoms with E-state index in [0.29, 0.717) is 26.3 Å². The van der Waals surface area contributed by atoms with E-state index in [9.17, 15) is 13.2 Å². The van der Waals surface area contributed by atoms with Crippen LogP contribution in [0.4, 0.5) is 0 Å². The van der Waals surface area contributed by atoms with E-state index in [2.05, 4.69) is 4.72 Å². The van der Waals surface area contributed by atoms with Crippen LogP contribution in [-0.4, -0.2) is 52.1 Å². The molecule has 1 aromatic carbocycles. The summed E-state index contributed by atoms with van der Waals surface area (Å²) in [4.78, 5) is 13.9. The van der Waals surface area contributed by atoms with Gasteiger partial charge in [0, 0.05) is 13.1 Å². The number of morpholine rings is 1. The third-order valence-corrected chi connectivity index (χ3v) is 5.56. The van der Waals surface area contributed by atoms with Gasteiger partial charge in [-0.3, -0.25) is 4.79 Å². The number of fused-ring (bicyclic) bond motifs is 1. The van der Waals surface area contributed by atoms with Crippen molar-refractivity contribution >= 4 is 15.9 Å². The second-order valence-electron chi connectivity index (χ2n) is 5.60. The smallest absolute Gasteiger partial charge is 0.241 e. The van der Waals surface area contributed by atoms with Crippen molar-refractivity contribution < 1.29 is 17.9 Å². The molecule has 2 aliphatic rings. The lowest BCUT2D eigenvalue weighted by molar-refractivity contribution is -0.133. The van der Waals surface area contributed by atoms with Gasteiger partial charge in [0.1, 0.15) is 0 Å². The number of aryl methyl sites for hydroxylation is 2. The molecule has 1 N–H and O–H groups in total. The van der Waals surface area contributed by atoms with Crippen LogP contribution in [0.2, 0.25) is 0 Å². The van der Waals surface area contributed by atoms with Gasteiger partial charge in [0.2, 0.25) is 15.9 Å². The summed E-state index contributed by atoms with van der Waals surface area (Å²) in [6.45, 7) is 1.82. The highest BCUT2D eigenvalue weighted by molar-refractivity contribution is 7.89. The molecule has 120 valence electrons. The fraction of sp³-hybridized carbons (Fsp3) is 0.533. The number of nitrogens with zero attached hydrogens (tertiary/aromatic N) is 1. The SMILES string of the molecule is O=C(CNS(=O)(=O)c1ccc2c(c1)CCC2)N1CCOCC1. The van der Waals surface area contributed by atoms with E-state index >= 15 is 0 Å². The maximum absolute atomic E-state index is 12.3. The minimum absolute atomic E-state index is 0.209. The van der Waals surface area contributed by atoms with E-state index < -0.39 is 10.0 Å². The van der Waals surface area contributed by atoms with Crippen molar-refractivity contribution in [1.29, 1.82) is 0 Å². The molecule has 1 amide bonds. The van der Waals surface area contributed by atoms with E-state index in [4.69, 9.17) is 4.74 Å². The molecule has 1 fully saturated rings. The number of benzene rings is 1. The first-order valence-corrected chi connectivity index (χ1v) is 9.01. The minimum Gasteiger partial charge on any atom is -0.378 e. The molecular weight excluding hydrogens is 304 g/mol. The largest absolute Gasteiger partial charge is 0.378 e. The Morgan fingerprint density at radius 2 is 1.91 bits per heavy atom. The Morgan fingerprint density at radius 1 is 1.18 bits per heavy atom. The highest BCUT2D eigenvalue weighted by Gasteiger charge is 2.22. The number of hydrogen-bond acceptors (Lipinski definition) is 4. The number of carbonyl (C=O) groups is 1. The first-order valence-electron chi connectivity index (χ1n) is 7.53. The van der Waals surface area contributed by atoms with Gasteiger partial charge in [-0.05, 0) is 42.5 Å². The number of nitrogens with one attached hydrogen (secondary N) is 1. The third kappa shape index (κ3) is 3.31. The Hall–Kier alpha value is -1.44. The van der Waals surface area contributed by atoms with Crippen molar-refractivity contribution in [1.82, 2.24) is 9.62 Å². The fourth-order valence-electron chi connectivity index (χ4n) is 2.88. The Morgan fingerprint density at radius 3 is 2.68 bits per heavy atom. The quantitative estimate of drug-likeness (QED) is 0.865. The molecule has 1 aliphatic carbocycles. The summed E-state index contributed by atoms with van der Waals surface area (Å²) < 4.78 is 32.2. The highest BCUT2D eigenvalue weighted by Crippen LogP contribution is 2.24. The topological polar surface area (TPSA) is 75.7 Å². The van der Waals surface area contributed by atoms with E-state index in [1.165, 1.54) is 5.56 Å². The summed E-state index contributed by atoms with van der Waals surface area (Å²) >= 11 is 0. The number of ether oxygens (including phenoxy) is 1. The molecule has 0 radical (unpaired) electrons. The van der Waals surface area contributed by atoms with Gasteiger partial charge in [-0.2, -0.15) is 0 Å². The van der Waals surface area contributed by atoms with E-state index in [-0.39, 0.29) is 17.3 Å². The Labute approximate surface area is 130 Å².